The number of anilines is 1. The lowest BCUT2D eigenvalue weighted by Crippen LogP contribution is -2.52. The van der Waals surface area contributed by atoms with Crippen molar-refractivity contribution in [3.8, 4) is 0 Å². The molecule has 1 fully saturated rings. The van der Waals surface area contributed by atoms with Crippen LogP contribution < -0.4 is 9.62 Å². The zero-order valence-corrected chi connectivity index (χ0v) is 15.4. The first-order valence-electron chi connectivity index (χ1n) is 8.58. The summed E-state index contributed by atoms with van der Waals surface area (Å²) in [5.74, 6) is 0.361. The number of rotatable bonds is 5. The van der Waals surface area contributed by atoms with Crippen molar-refractivity contribution in [2.45, 2.75) is 37.2 Å². The molecule has 1 aliphatic rings. The Labute approximate surface area is 155 Å². The van der Waals surface area contributed by atoms with Gasteiger partial charge in [0.2, 0.25) is 15.9 Å². The van der Waals surface area contributed by atoms with Gasteiger partial charge in [0, 0.05) is 19.2 Å². The highest BCUT2D eigenvalue weighted by Crippen LogP contribution is 2.24. The van der Waals surface area contributed by atoms with Gasteiger partial charge in [-0.2, -0.15) is 9.82 Å². The van der Waals surface area contributed by atoms with Crippen LogP contribution in [0.1, 0.15) is 19.8 Å². The third-order valence-electron chi connectivity index (χ3n) is 4.54. The molecule has 1 saturated heterocycles. The summed E-state index contributed by atoms with van der Waals surface area (Å²) in [7, 11) is -3.98. The number of aromatic nitrogens is 4. The Bertz CT molecular complexity index is 1090. The Kier molecular flexibility index (Phi) is 4.40. The Hall–Kier alpha value is -2.79. The van der Waals surface area contributed by atoms with Crippen molar-refractivity contribution < 1.29 is 17.8 Å². The van der Waals surface area contributed by atoms with Gasteiger partial charge in [0.15, 0.2) is 5.52 Å². The predicted octanol–water partition coefficient (Wildman–Crippen LogP) is 0.913. The molecule has 0 bridgehead atoms. The van der Waals surface area contributed by atoms with Gasteiger partial charge in [0.05, 0.1) is 6.20 Å². The average Bonchev–Trinajstić information content (AvgIpc) is 3.31. The highest BCUT2D eigenvalue weighted by atomic mass is 32.2. The lowest BCUT2D eigenvalue weighted by molar-refractivity contribution is -0.121. The molecule has 0 radical (unpaired) electrons. The number of carbonyl (C=O) groups excluding carboxylic acids is 1. The number of hydrogen-bond acceptors (Lipinski definition) is 7. The number of fused-ring (bicyclic) bond motifs is 1. The molecule has 0 aliphatic carbocycles. The first-order chi connectivity index (χ1) is 13.0. The van der Waals surface area contributed by atoms with Gasteiger partial charge < -0.3 is 0 Å². The van der Waals surface area contributed by atoms with Crippen LogP contribution in [0.2, 0.25) is 0 Å². The fraction of sp³-hybridized carbons (Fsp3) is 0.375. The zero-order valence-electron chi connectivity index (χ0n) is 14.6. The van der Waals surface area contributed by atoms with Gasteiger partial charge >= 0.3 is 0 Å². The molecule has 3 heterocycles. The van der Waals surface area contributed by atoms with Crippen LogP contribution in [0, 0.1) is 0 Å². The standard InChI is InChI=1S/C16H18N6O4S/c1-2-22-14(8-9-17-22)21-10-4-6-12(16(21)23)20-27(24,25)13-7-3-5-11-15(13)19-26-18-11/h3,5,7-9,12,20H,2,4,6,10H2,1H3/t12-/m0/s1. The molecule has 3 aromatic rings. The molecular weight excluding hydrogens is 372 g/mol. The van der Waals surface area contributed by atoms with Crippen molar-refractivity contribution in [2.24, 2.45) is 0 Å². The molecule has 2 aromatic heterocycles. The molecule has 1 aliphatic heterocycles. The summed E-state index contributed by atoms with van der Waals surface area (Å²) >= 11 is 0. The van der Waals surface area contributed by atoms with Crippen molar-refractivity contribution >= 4 is 32.8 Å². The number of nitrogens with one attached hydrogen (secondary N) is 1. The summed E-state index contributed by atoms with van der Waals surface area (Å²) in [6.07, 6.45) is 2.71. The highest BCUT2D eigenvalue weighted by molar-refractivity contribution is 7.89. The Morgan fingerprint density at radius 2 is 2.15 bits per heavy atom. The maximum atomic E-state index is 12.9. The smallest absolute Gasteiger partial charge is 0.246 e. The lowest BCUT2D eigenvalue weighted by Gasteiger charge is -2.32. The van der Waals surface area contributed by atoms with Crippen LogP contribution >= 0.6 is 0 Å². The molecule has 1 N–H and O–H groups in total. The summed E-state index contributed by atoms with van der Waals surface area (Å²) in [6, 6.07) is 5.45. The fourth-order valence-corrected chi connectivity index (χ4v) is 4.63. The minimum Gasteiger partial charge on any atom is -0.296 e. The van der Waals surface area contributed by atoms with Gasteiger partial charge in [-0.25, -0.2) is 17.7 Å². The molecule has 0 unspecified atom stereocenters. The van der Waals surface area contributed by atoms with Crippen LogP contribution in [0.5, 0.6) is 0 Å². The summed E-state index contributed by atoms with van der Waals surface area (Å²) in [4.78, 5) is 14.4. The van der Waals surface area contributed by atoms with E-state index in [2.05, 4.69) is 24.8 Å². The number of carbonyl (C=O) groups is 1. The molecule has 0 spiro atoms. The quantitative estimate of drug-likeness (QED) is 0.687. The van der Waals surface area contributed by atoms with Crippen LogP contribution in [-0.2, 0) is 21.4 Å². The van der Waals surface area contributed by atoms with Gasteiger partial charge in [-0.05, 0) is 42.2 Å². The molecule has 1 atom stereocenters. The predicted molar refractivity (Wildman–Crippen MR) is 95.4 cm³/mol. The van der Waals surface area contributed by atoms with Crippen molar-refractivity contribution in [2.75, 3.05) is 11.4 Å². The summed E-state index contributed by atoms with van der Waals surface area (Å²) in [6.45, 7) is 3.06. The van der Waals surface area contributed by atoms with E-state index in [4.69, 9.17) is 0 Å². The van der Waals surface area contributed by atoms with Crippen LogP contribution in [0.25, 0.3) is 11.0 Å². The molecular formula is C16H18N6O4S. The minimum atomic E-state index is -3.98. The van der Waals surface area contributed by atoms with Gasteiger partial charge in [0.1, 0.15) is 22.3 Å². The molecule has 27 heavy (non-hydrogen) atoms. The SMILES string of the molecule is CCn1nccc1N1CCC[C@H](NS(=O)(=O)c2cccc3nonc23)C1=O. The Balaban J connectivity index is 1.62. The van der Waals surface area contributed by atoms with Crippen molar-refractivity contribution in [3.05, 3.63) is 30.5 Å². The van der Waals surface area contributed by atoms with Gasteiger partial charge in [-0.15, -0.1) is 0 Å². The number of benzene rings is 1. The topological polar surface area (TPSA) is 123 Å². The molecule has 142 valence electrons. The number of hydrogen-bond donors (Lipinski definition) is 1. The van der Waals surface area contributed by atoms with Crippen LogP contribution in [-0.4, -0.2) is 47.0 Å². The Morgan fingerprint density at radius 3 is 2.96 bits per heavy atom. The fourth-order valence-electron chi connectivity index (χ4n) is 3.26. The number of sulfonamides is 1. The molecule has 4 rings (SSSR count). The molecule has 1 aromatic carbocycles. The van der Waals surface area contributed by atoms with Gasteiger partial charge in [-0.1, -0.05) is 6.07 Å². The zero-order chi connectivity index (χ0) is 19.0. The van der Waals surface area contributed by atoms with Crippen molar-refractivity contribution in [1.82, 2.24) is 24.8 Å². The van der Waals surface area contributed by atoms with Crippen molar-refractivity contribution in [3.63, 3.8) is 0 Å². The van der Waals surface area contributed by atoms with E-state index in [0.717, 1.165) is 0 Å². The van der Waals surface area contributed by atoms with E-state index in [1.165, 1.54) is 6.07 Å². The average molecular weight is 390 g/mol. The second kappa shape index (κ2) is 6.74. The van der Waals surface area contributed by atoms with E-state index in [9.17, 15) is 13.2 Å². The van der Waals surface area contributed by atoms with E-state index >= 15 is 0 Å². The second-order valence-corrected chi connectivity index (χ2v) is 7.88. The maximum Gasteiger partial charge on any atom is 0.246 e. The van der Waals surface area contributed by atoms with E-state index in [0.29, 0.717) is 37.3 Å². The summed E-state index contributed by atoms with van der Waals surface area (Å²) < 4.78 is 34.6. The number of piperidine rings is 1. The molecule has 1 amide bonds. The largest absolute Gasteiger partial charge is 0.296 e. The van der Waals surface area contributed by atoms with Crippen LogP contribution in [0.15, 0.2) is 40.0 Å². The highest BCUT2D eigenvalue weighted by Gasteiger charge is 2.35. The first kappa shape index (κ1) is 17.6. The van der Waals surface area contributed by atoms with E-state index < -0.39 is 16.1 Å². The third kappa shape index (κ3) is 3.08. The first-order valence-corrected chi connectivity index (χ1v) is 10.1. The Morgan fingerprint density at radius 1 is 1.30 bits per heavy atom. The van der Waals surface area contributed by atoms with Crippen LogP contribution in [0.4, 0.5) is 5.82 Å². The number of amides is 1. The van der Waals surface area contributed by atoms with Gasteiger partial charge in [0.25, 0.3) is 0 Å². The van der Waals surface area contributed by atoms with E-state index in [1.807, 2.05) is 6.92 Å². The second-order valence-electron chi connectivity index (χ2n) is 6.20. The molecule has 0 saturated carbocycles. The van der Waals surface area contributed by atoms with E-state index in [-0.39, 0.29) is 16.3 Å². The number of nitrogens with zero attached hydrogens (tertiary/aromatic N) is 5. The summed E-state index contributed by atoms with van der Waals surface area (Å²) in [5, 5.41) is 11.5. The maximum absolute atomic E-state index is 12.9. The van der Waals surface area contributed by atoms with Crippen LogP contribution in [0.3, 0.4) is 0 Å². The van der Waals surface area contributed by atoms with Gasteiger partial charge in [-0.3, -0.25) is 9.69 Å². The number of aryl methyl sites for hydroxylation is 1. The lowest BCUT2D eigenvalue weighted by atomic mass is 10.1. The monoisotopic (exact) mass is 390 g/mol. The molecule has 11 heteroatoms. The summed E-state index contributed by atoms with van der Waals surface area (Å²) in [5.41, 5.74) is 0.468. The van der Waals surface area contributed by atoms with E-state index in [1.54, 1.807) is 34.0 Å². The molecule has 10 nitrogen and oxygen atoms in total. The third-order valence-corrected chi connectivity index (χ3v) is 6.05. The normalized spacial score (nSPS) is 18.3. The van der Waals surface area contributed by atoms with Crippen molar-refractivity contribution in [1.29, 1.82) is 0 Å². The minimum absolute atomic E-state index is 0.0650.